The van der Waals surface area contributed by atoms with Crippen molar-refractivity contribution in [3.8, 4) is 0 Å². The summed E-state index contributed by atoms with van der Waals surface area (Å²) in [6.07, 6.45) is 0. The Kier molecular flexibility index (Phi) is 5.08. The van der Waals surface area contributed by atoms with E-state index in [2.05, 4.69) is 0 Å². The first kappa shape index (κ1) is 12.5. The van der Waals surface area contributed by atoms with Gasteiger partial charge in [-0.2, -0.15) is 0 Å². The lowest BCUT2D eigenvalue weighted by atomic mass is 10.1. The van der Waals surface area contributed by atoms with Crippen LogP contribution < -0.4 is 5.73 Å². The van der Waals surface area contributed by atoms with E-state index in [1.807, 2.05) is 6.92 Å². The third-order valence-electron chi connectivity index (χ3n) is 2.01. The molecule has 84 valence electrons. The molecule has 0 amide bonds. The molecule has 0 bridgehead atoms. The Balaban J connectivity index is 2.77. The van der Waals surface area contributed by atoms with Gasteiger partial charge in [-0.25, -0.2) is 4.39 Å². The number of ether oxygens (including phenoxy) is 1. The lowest BCUT2D eigenvalue weighted by Crippen LogP contribution is -2.07. The van der Waals surface area contributed by atoms with Gasteiger partial charge in [-0.05, 0) is 30.7 Å². The number of nitrogens with two attached hydrogens (primary N) is 1. The first-order chi connectivity index (χ1) is 7.15. The van der Waals surface area contributed by atoms with Crippen LogP contribution in [0.4, 0.5) is 4.39 Å². The second kappa shape index (κ2) is 6.10. The molecule has 1 atom stereocenters. The van der Waals surface area contributed by atoms with E-state index in [1.54, 1.807) is 24.9 Å². The minimum atomic E-state index is -0.238. The second-order valence-electron chi connectivity index (χ2n) is 3.31. The first-order valence-electron chi connectivity index (χ1n) is 4.82. The third kappa shape index (κ3) is 3.81. The van der Waals surface area contributed by atoms with Gasteiger partial charge < -0.3 is 10.5 Å². The molecule has 4 heteroatoms. The van der Waals surface area contributed by atoms with Crippen LogP contribution in [0.1, 0.15) is 18.5 Å². The van der Waals surface area contributed by atoms with E-state index >= 15 is 0 Å². The molecule has 2 N–H and O–H groups in total. The monoisotopic (exact) mass is 229 g/mol. The Morgan fingerprint density at radius 2 is 2.27 bits per heavy atom. The summed E-state index contributed by atoms with van der Waals surface area (Å²) in [7, 11) is 1.66. The van der Waals surface area contributed by atoms with E-state index in [0.717, 1.165) is 16.2 Å². The van der Waals surface area contributed by atoms with Gasteiger partial charge in [0.05, 0.1) is 6.61 Å². The van der Waals surface area contributed by atoms with Gasteiger partial charge in [0.2, 0.25) is 0 Å². The number of hydrogen-bond acceptors (Lipinski definition) is 3. The van der Waals surface area contributed by atoms with Crippen LogP contribution >= 0.6 is 11.8 Å². The van der Waals surface area contributed by atoms with Crippen molar-refractivity contribution in [1.29, 1.82) is 0 Å². The molecule has 0 radical (unpaired) electrons. The van der Waals surface area contributed by atoms with Crippen molar-refractivity contribution >= 4 is 11.8 Å². The summed E-state index contributed by atoms with van der Waals surface area (Å²) < 4.78 is 18.0. The topological polar surface area (TPSA) is 35.2 Å². The molecule has 0 unspecified atom stereocenters. The van der Waals surface area contributed by atoms with Gasteiger partial charge in [0, 0.05) is 23.8 Å². The summed E-state index contributed by atoms with van der Waals surface area (Å²) in [5.41, 5.74) is 6.63. The van der Waals surface area contributed by atoms with E-state index < -0.39 is 0 Å². The van der Waals surface area contributed by atoms with Gasteiger partial charge >= 0.3 is 0 Å². The number of halogens is 1. The highest BCUT2D eigenvalue weighted by Gasteiger charge is 2.08. The number of hydrogen-bond donors (Lipinski definition) is 1. The zero-order chi connectivity index (χ0) is 11.3. The van der Waals surface area contributed by atoms with Crippen LogP contribution in [0.15, 0.2) is 23.1 Å². The highest BCUT2D eigenvalue weighted by atomic mass is 32.2. The standard InChI is InChI=1S/C11H16FNOS/c1-8(13)10-7-9(12)3-4-11(10)15-6-5-14-2/h3-4,7-8H,5-6,13H2,1-2H3/t8-/m1/s1. The quantitative estimate of drug-likeness (QED) is 0.622. The van der Waals surface area contributed by atoms with Crippen LogP contribution in [-0.4, -0.2) is 19.5 Å². The number of thioether (sulfide) groups is 1. The highest BCUT2D eigenvalue weighted by molar-refractivity contribution is 7.99. The Morgan fingerprint density at radius 3 is 2.87 bits per heavy atom. The third-order valence-corrected chi connectivity index (χ3v) is 3.06. The van der Waals surface area contributed by atoms with E-state index in [-0.39, 0.29) is 11.9 Å². The molecule has 0 aliphatic rings. The van der Waals surface area contributed by atoms with Crippen molar-refractivity contribution in [3.63, 3.8) is 0 Å². The summed E-state index contributed by atoms with van der Waals surface area (Å²) in [4.78, 5) is 1.03. The molecule has 1 aromatic rings. The van der Waals surface area contributed by atoms with Crippen LogP contribution in [0.25, 0.3) is 0 Å². The van der Waals surface area contributed by atoms with Crippen LogP contribution in [-0.2, 0) is 4.74 Å². The maximum absolute atomic E-state index is 13.0. The molecule has 2 nitrogen and oxygen atoms in total. The average Bonchev–Trinajstić information content (AvgIpc) is 2.20. The molecule has 0 aliphatic heterocycles. The Morgan fingerprint density at radius 1 is 1.53 bits per heavy atom. The fourth-order valence-electron chi connectivity index (χ4n) is 1.24. The summed E-state index contributed by atoms with van der Waals surface area (Å²) >= 11 is 1.64. The molecule has 0 heterocycles. The molecular formula is C11H16FNOS. The predicted molar refractivity (Wildman–Crippen MR) is 61.6 cm³/mol. The molecule has 1 aromatic carbocycles. The molecule has 0 saturated heterocycles. The zero-order valence-corrected chi connectivity index (χ0v) is 9.81. The Bertz CT molecular complexity index is 317. The van der Waals surface area contributed by atoms with Gasteiger partial charge in [0.1, 0.15) is 5.82 Å². The van der Waals surface area contributed by atoms with Crippen molar-refractivity contribution in [2.24, 2.45) is 5.73 Å². The van der Waals surface area contributed by atoms with E-state index in [9.17, 15) is 4.39 Å². The maximum Gasteiger partial charge on any atom is 0.123 e. The molecule has 0 aliphatic carbocycles. The van der Waals surface area contributed by atoms with Crippen molar-refractivity contribution in [2.75, 3.05) is 19.5 Å². The predicted octanol–water partition coefficient (Wildman–Crippen LogP) is 2.58. The Labute approximate surface area is 94.0 Å². The van der Waals surface area contributed by atoms with Crippen LogP contribution in [0, 0.1) is 5.82 Å². The molecule has 0 saturated carbocycles. The number of methoxy groups -OCH3 is 1. The number of benzene rings is 1. The summed E-state index contributed by atoms with van der Waals surface area (Å²) in [6.45, 7) is 2.54. The SMILES string of the molecule is COCCSc1ccc(F)cc1[C@@H](C)N. The second-order valence-corrected chi connectivity index (χ2v) is 4.45. The molecule has 0 aromatic heterocycles. The van der Waals surface area contributed by atoms with Gasteiger partial charge in [-0.3, -0.25) is 0 Å². The average molecular weight is 229 g/mol. The van der Waals surface area contributed by atoms with Crippen LogP contribution in [0.3, 0.4) is 0 Å². The summed E-state index contributed by atoms with van der Waals surface area (Å²) in [5, 5.41) is 0. The highest BCUT2D eigenvalue weighted by Crippen LogP contribution is 2.27. The minimum absolute atomic E-state index is 0.147. The van der Waals surface area contributed by atoms with Crippen molar-refractivity contribution < 1.29 is 9.13 Å². The molecule has 1 rings (SSSR count). The minimum Gasteiger partial charge on any atom is -0.384 e. The van der Waals surface area contributed by atoms with Gasteiger partial charge in [-0.15, -0.1) is 11.8 Å². The van der Waals surface area contributed by atoms with E-state index in [0.29, 0.717) is 6.61 Å². The van der Waals surface area contributed by atoms with Gasteiger partial charge in [-0.1, -0.05) is 0 Å². The lowest BCUT2D eigenvalue weighted by molar-refractivity contribution is 0.218. The molecule has 15 heavy (non-hydrogen) atoms. The normalized spacial score (nSPS) is 12.8. The van der Waals surface area contributed by atoms with Crippen LogP contribution in [0.5, 0.6) is 0 Å². The smallest absolute Gasteiger partial charge is 0.123 e. The van der Waals surface area contributed by atoms with Crippen molar-refractivity contribution in [1.82, 2.24) is 0 Å². The summed E-state index contributed by atoms with van der Waals surface area (Å²) in [6, 6.07) is 4.58. The summed E-state index contributed by atoms with van der Waals surface area (Å²) in [5.74, 6) is 0.611. The Hall–Kier alpha value is -0.580. The maximum atomic E-state index is 13.0. The fourth-order valence-corrected chi connectivity index (χ4v) is 2.29. The first-order valence-corrected chi connectivity index (χ1v) is 5.80. The lowest BCUT2D eigenvalue weighted by Gasteiger charge is -2.12. The molecular weight excluding hydrogens is 213 g/mol. The largest absolute Gasteiger partial charge is 0.384 e. The van der Waals surface area contributed by atoms with Crippen molar-refractivity contribution in [2.45, 2.75) is 17.9 Å². The zero-order valence-electron chi connectivity index (χ0n) is 9.00. The van der Waals surface area contributed by atoms with Gasteiger partial charge in [0.15, 0.2) is 0 Å². The van der Waals surface area contributed by atoms with E-state index in [4.69, 9.17) is 10.5 Å². The van der Waals surface area contributed by atoms with E-state index in [1.165, 1.54) is 12.1 Å². The van der Waals surface area contributed by atoms with Crippen molar-refractivity contribution in [3.05, 3.63) is 29.6 Å². The fraction of sp³-hybridized carbons (Fsp3) is 0.455. The molecule has 0 fully saturated rings. The van der Waals surface area contributed by atoms with Crippen LogP contribution in [0.2, 0.25) is 0 Å². The molecule has 0 spiro atoms. The number of rotatable bonds is 5. The van der Waals surface area contributed by atoms with Gasteiger partial charge in [0.25, 0.3) is 0 Å².